The summed E-state index contributed by atoms with van der Waals surface area (Å²) in [5, 5.41) is 0. The first-order valence-corrected chi connectivity index (χ1v) is 8.37. The van der Waals surface area contributed by atoms with Crippen molar-refractivity contribution in [3.8, 4) is 12.3 Å². The van der Waals surface area contributed by atoms with Gasteiger partial charge in [-0.05, 0) is 54.4 Å². The molecular formula is C20H26O. The van der Waals surface area contributed by atoms with Crippen LogP contribution in [0.3, 0.4) is 0 Å². The Balaban J connectivity index is 1.88. The summed E-state index contributed by atoms with van der Waals surface area (Å²) in [6.45, 7) is 4.66. The third kappa shape index (κ3) is 3.01. The van der Waals surface area contributed by atoms with Gasteiger partial charge in [-0.2, -0.15) is 0 Å². The van der Waals surface area contributed by atoms with Crippen molar-refractivity contribution in [2.24, 2.45) is 0 Å². The largest absolute Gasteiger partial charge is 0.370 e. The smallest absolute Gasteiger partial charge is 0.0832 e. The maximum atomic E-state index is 6.48. The fourth-order valence-electron chi connectivity index (χ4n) is 3.89. The highest BCUT2D eigenvalue weighted by molar-refractivity contribution is 5.45. The van der Waals surface area contributed by atoms with Crippen LogP contribution in [0.25, 0.3) is 0 Å². The van der Waals surface area contributed by atoms with E-state index in [1.807, 2.05) is 0 Å². The summed E-state index contributed by atoms with van der Waals surface area (Å²) < 4.78 is 6.48. The number of hydrogen-bond acceptors (Lipinski definition) is 1. The van der Waals surface area contributed by atoms with Gasteiger partial charge in [-0.3, -0.25) is 0 Å². The van der Waals surface area contributed by atoms with E-state index < -0.39 is 0 Å². The minimum atomic E-state index is 0.231. The lowest BCUT2D eigenvalue weighted by Gasteiger charge is -2.39. The average Bonchev–Trinajstić information content (AvgIpc) is 2.51. The van der Waals surface area contributed by atoms with Crippen LogP contribution in [0.1, 0.15) is 81.6 Å². The molecule has 0 saturated heterocycles. The topological polar surface area (TPSA) is 9.23 Å². The fourth-order valence-corrected chi connectivity index (χ4v) is 3.89. The first-order valence-electron chi connectivity index (χ1n) is 8.37. The van der Waals surface area contributed by atoms with E-state index in [0.29, 0.717) is 6.10 Å². The maximum Gasteiger partial charge on any atom is 0.0832 e. The number of benzene rings is 1. The normalized spacial score (nSPS) is 25.1. The molecule has 0 heterocycles. The van der Waals surface area contributed by atoms with Crippen molar-refractivity contribution in [2.75, 3.05) is 0 Å². The lowest BCUT2D eigenvalue weighted by Crippen LogP contribution is -2.30. The summed E-state index contributed by atoms with van der Waals surface area (Å²) in [6.07, 6.45) is 15.0. The van der Waals surface area contributed by atoms with Crippen molar-refractivity contribution in [3.63, 3.8) is 0 Å². The molecule has 1 heteroatoms. The standard InChI is InChI=1S/C20H26O/c1-4-15-10-11-18-17(14-15)19(12-13-20(18,2)3)21-16-8-6-5-7-9-16/h1,10-11,14,16,19H,5-9,12-13H2,2-3H3. The number of hydrogen-bond donors (Lipinski definition) is 0. The third-order valence-corrected chi connectivity index (χ3v) is 5.23. The van der Waals surface area contributed by atoms with Crippen molar-refractivity contribution in [3.05, 3.63) is 34.9 Å². The van der Waals surface area contributed by atoms with Gasteiger partial charge in [0.05, 0.1) is 12.2 Å². The average molecular weight is 282 g/mol. The molecule has 3 rings (SSSR count). The van der Waals surface area contributed by atoms with Crippen LogP contribution in [-0.2, 0) is 10.2 Å². The van der Waals surface area contributed by atoms with Gasteiger partial charge in [0.2, 0.25) is 0 Å². The van der Waals surface area contributed by atoms with E-state index >= 15 is 0 Å². The second-order valence-corrected chi connectivity index (χ2v) is 7.25. The maximum absolute atomic E-state index is 6.48. The van der Waals surface area contributed by atoms with Crippen LogP contribution >= 0.6 is 0 Å². The summed E-state index contributed by atoms with van der Waals surface area (Å²) >= 11 is 0. The lowest BCUT2D eigenvalue weighted by atomic mass is 9.71. The van der Waals surface area contributed by atoms with E-state index in [1.165, 1.54) is 49.7 Å². The molecule has 1 unspecified atom stereocenters. The number of terminal acetylenes is 1. The van der Waals surface area contributed by atoms with Crippen LogP contribution in [0.2, 0.25) is 0 Å². The van der Waals surface area contributed by atoms with Crippen LogP contribution in [0.15, 0.2) is 18.2 Å². The van der Waals surface area contributed by atoms with Gasteiger partial charge < -0.3 is 4.74 Å². The second-order valence-electron chi connectivity index (χ2n) is 7.25. The Kier molecular flexibility index (Phi) is 4.09. The Morgan fingerprint density at radius 3 is 2.62 bits per heavy atom. The molecule has 0 aliphatic heterocycles. The molecule has 2 aliphatic rings. The summed E-state index contributed by atoms with van der Waals surface area (Å²) in [4.78, 5) is 0. The van der Waals surface area contributed by atoms with Crippen molar-refractivity contribution < 1.29 is 4.74 Å². The molecule has 0 spiro atoms. The molecule has 0 amide bonds. The molecule has 1 saturated carbocycles. The van der Waals surface area contributed by atoms with Gasteiger partial charge in [0, 0.05) is 5.56 Å². The zero-order valence-electron chi connectivity index (χ0n) is 13.3. The Morgan fingerprint density at radius 2 is 1.90 bits per heavy atom. The van der Waals surface area contributed by atoms with Gasteiger partial charge in [-0.25, -0.2) is 0 Å². The zero-order chi connectivity index (χ0) is 14.9. The lowest BCUT2D eigenvalue weighted by molar-refractivity contribution is -0.0428. The molecular weight excluding hydrogens is 256 g/mol. The fraction of sp³-hybridized carbons (Fsp3) is 0.600. The predicted octanol–water partition coefficient (Wildman–Crippen LogP) is 5.13. The second kappa shape index (κ2) is 5.85. The summed E-state index contributed by atoms with van der Waals surface area (Å²) in [7, 11) is 0. The number of ether oxygens (including phenoxy) is 1. The summed E-state index contributed by atoms with van der Waals surface area (Å²) in [6, 6.07) is 6.48. The molecule has 112 valence electrons. The molecule has 0 bridgehead atoms. The molecule has 1 atom stereocenters. The van der Waals surface area contributed by atoms with Gasteiger partial charge in [0.15, 0.2) is 0 Å². The molecule has 1 aromatic carbocycles. The van der Waals surface area contributed by atoms with Crippen molar-refractivity contribution in [1.29, 1.82) is 0 Å². The van der Waals surface area contributed by atoms with Crippen LogP contribution in [0.4, 0.5) is 0 Å². The molecule has 0 radical (unpaired) electrons. The van der Waals surface area contributed by atoms with Gasteiger partial charge in [0.25, 0.3) is 0 Å². The molecule has 0 aromatic heterocycles. The first-order chi connectivity index (χ1) is 10.1. The molecule has 2 aliphatic carbocycles. The van der Waals surface area contributed by atoms with E-state index in [1.54, 1.807) is 0 Å². The Hall–Kier alpha value is -1.26. The minimum Gasteiger partial charge on any atom is -0.370 e. The molecule has 0 N–H and O–H groups in total. The Labute approximate surface area is 129 Å². The predicted molar refractivity (Wildman–Crippen MR) is 87.3 cm³/mol. The van der Waals surface area contributed by atoms with E-state index in [0.717, 1.165) is 12.0 Å². The minimum absolute atomic E-state index is 0.231. The Morgan fingerprint density at radius 1 is 1.14 bits per heavy atom. The third-order valence-electron chi connectivity index (χ3n) is 5.23. The summed E-state index contributed by atoms with van der Waals surface area (Å²) in [5.41, 5.74) is 3.97. The zero-order valence-corrected chi connectivity index (χ0v) is 13.3. The Bertz CT molecular complexity index is 543. The SMILES string of the molecule is C#Cc1ccc2c(c1)C(OC1CCCCC1)CCC2(C)C. The van der Waals surface area contributed by atoms with E-state index in [-0.39, 0.29) is 11.5 Å². The molecule has 1 aromatic rings. The highest BCUT2D eigenvalue weighted by Crippen LogP contribution is 2.44. The highest BCUT2D eigenvalue weighted by Gasteiger charge is 2.34. The monoisotopic (exact) mass is 282 g/mol. The first kappa shape index (κ1) is 14.7. The summed E-state index contributed by atoms with van der Waals surface area (Å²) in [5.74, 6) is 2.77. The van der Waals surface area contributed by atoms with Crippen LogP contribution in [-0.4, -0.2) is 6.10 Å². The van der Waals surface area contributed by atoms with Crippen LogP contribution in [0.5, 0.6) is 0 Å². The van der Waals surface area contributed by atoms with Gasteiger partial charge in [-0.15, -0.1) is 6.42 Å². The molecule has 1 nitrogen and oxygen atoms in total. The van der Waals surface area contributed by atoms with Crippen LogP contribution < -0.4 is 0 Å². The molecule has 1 fully saturated rings. The van der Waals surface area contributed by atoms with E-state index in [9.17, 15) is 0 Å². The van der Waals surface area contributed by atoms with E-state index in [4.69, 9.17) is 11.2 Å². The van der Waals surface area contributed by atoms with Gasteiger partial charge in [-0.1, -0.05) is 45.1 Å². The van der Waals surface area contributed by atoms with Crippen molar-refractivity contribution in [1.82, 2.24) is 0 Å². The highest BCUT2D eigenvalue weighted by atomic mass is 16.5. The van der Waals surface area contributed by atoms with E-state index in [2.05, 4.69) is 38.0 Å². The quantitative estimate of drug-likeness (QED) is 0.683. The van der Waals surface area contributed by atoms with Crippen molar-refractivity contribution >= 4 is 0 Å². The van der Waals surface area contributed by atoms with Gasteiger partial charge in [0.1, 0.15) is 0 Å². The molecule has 21 heavy (non-hydrogen) atoms. The number of rotatable bonds is 2. The van der Waals surface area contributed by atoms with Gasteiger partial charge >= 0.3 is 0 Å². The van der Waals surface area contributed by atoms with Crippen molar-refractivity contribution in [2.45, 2.75) is 76.4 Å². The van der Waals surface area contributed by atoms with Crippen LogP contribution in [0, 0.1) is 12.3 Å². The number of fused-ring (bicyclic) bond motifs is 1.